The summed E-state index contributed by atoms with van der Waals surface area (Å²) in [5, 5.41) is 15.9. The number of pyridine rings is 1. The topological polar surface area (TPSA) is 119 Å². The van der Waals surface area contributed by atoms with Crippen LogP contribution in [-0.4, -0.2) is 63.8 Å². The van der Waals surface area contributed by atoms with Crippen molar-refractivity contribution in [2.75, 3.05) is 25.1 Å². The van der Waals surface area contributed by atoms with Crippen LogP contribution in [0.3, 0.4) is 0 Å². The van der Waals surface area contributed by atoms with E-state index in [1.54, 1.807) is 38.0 Å². The summed E-state index contributed by atoms with van der Waals surface area (Å²) >= 11 is 0. The van der Waals surface area contributed by atoms with Gasteiger partial charge in [-0.25, -0.2) is 9.78 Å². The lowest BCUT2D eigenvalue weighted by molar-refractivity contribution is -0.212. The molecule has 0 spiro atoms. The third-order valence-electron chi connectivity index (χ3n) is 9.60. The van der Waals surface area contributed by atoms with Crippen LogP contribution in [0, 0.1) is 18.8 Å². The number of nitrogens with one attached hydrogen (secondary N) is 1. The summed E-state index contributed by atoms with van der Waals surface area (Å²) in [7, 11) is 1.67. The molecule has 2 aliphatic carbocycles. The fraction of sp³-hybridized carbons (Fsp3) is 0.556. The Bertz CT molecular complexity index is 1590. The molecule has 0 unspecified atom stereocenters. The molecule has 49 heavy (non-hydrogen) atoms. The molecule has 0 aliphatic heterocycles. The second-order valence-corrected chi connectivity index (χ2v) is 14.0. The Kier molecular flexibility index (Phi) is 11.2. The van der Waals surface area contributed by atoms with Gasteiger partial charge in [-0.15, -0.1) is 13.2 Å². The number of aromatic nitrogens is 3. The van der Waals surface area contributed by atoms with E-state index in [1.807, 2.05) is 13.0 Å². The summed E-state index contributed by atoms with van der Waals surface area (Å²) in [5.41, 5.74) is 2.06. The number of amides is 2. The predicted molar refractivity (Wildman–Crippen MR) is 178 cm³/mol. The fourth-order valence-corrected chi connectivity index (χ4v) is 6.87. The number of aryl methyl sites for hydroxylation is 1. The summed E-state index contributed by atoms with van der Waals surface area (Å²) in [5.74, 6) is 1.47. The molecule has 2 amide bonds. The Labute approximate surface area is 285 Å². The Morgan fingerprint density at radius 2 is 1.73 bits per heavy atom. The number of alkyl halides is 3. The molecule has 1 aromatic carbocycles. The lowest BCUT2D eigenvalue weighted by Crippen LogP contribution is -2.43. The van der Waals surface area contributed by atoms with Crippen LogP contribution in [0.2, 0.25) is 0 Å². The maximum atomic E-state index is 14.2. The Morgan fingerprint density at radius 3 is 2.35 bits per heavy atom. The number of rotatable bonds is 10. The average molecular weight is 686 g/mol. The third kappa shape index (κ3) is 9.52. The van der Waals surface area contributed by atoms with Crippen LogP contribution >= 0.6 is 0 Å². The molecule has 2 saturated carbocycles. The molecule has 5 rings (SSSR count). The molecule has 3 aromatic rings. The first-order valence-electron chi connectivity index (χ1n) is 16.9. The highest BCUT2D eigenvalue weighted by molar-refractivity contribution is 5.94. The van der Waals surface area contributed by atoms with Crippen molar-refractivity contribution in [1.29, 1.82) is 0 Å². The molecule has 2 aliphatic rings. The van der Waals surface area contributed by atoms with Crippen molar-refractivity contribution >= 4 is 17.8 Å². The van der Waals surface area contributed by atoms with Gasteiger partial charge >= 0.3 is 12.4 Å². The van der Waals surface area contributed by atoms with E-state index in [0.29, 0.717) is 49.5 Å². The molecular formula is C36H46F3N5O5. The molecular weight excluding hydrogens is 639 g/mol. The number of ether oxygens (including phenoxy) is 2. The second-order valence-electron chi connectivity index (χ2n) is 14.0. The zero-order valence-electron chi connectivity index (χ0n) is 28.5. The quantitative estimate of drug-likeness (QED) is 0.234. The largest absolute Gasteiger partial charge is 0.504 e. The normalized spacial score (nSPS) is 21.6. The van der Waals surface area contributed by atoms with Gasteiger partial charge in [0.15, 0.2) is 0 Å². The number of anilines is 1. The minimum atomic E-state index is -4.64. The SMILES string of the molecule is COc1ccc([C@H]2CC[C@H](CN(c3cc(-c4cnn(C(F)(F)F)c4)ccn3)C(=O)[C@H]3CC[C@H](OC(=O)NCC(C)(C)O)CC3)CC2)cc1C. The molecule has 0 atom stereocenters. The van der Waals surface area contributed by atoms with Gasteiger partial charge in [-0.1, -0.05) is 12.1 Å². The first-order chi connectivity index (χ1) is 23.2. The van der Waals surface area contributed by atoms with Gasteiger partial charge in [0.25, 0.3) is 0 Å². The monoisotopic (exact) mass is 685 g/mol. The summed E-state index contributed by atoms with van der Waals surface area (Å²) in [6, 6.07) is 9.59. The first kappa shape index (κ1) is 36.2. The van der Waals surface area contributed by atoms with Gasteiger partial charge in [0.2, 0.25) is 5.91 Å². The molecule has 13 heteroatoms. The average Bonchev–Trinajstić information content (AvgIpc) is 3.58. The van der Waals surface area contributed by atoms with Gasteiger partial charge in [0.1, 0.15) is 17.7 Å². The molecule has 10 nitrogen and oxygen atoms in total. The van der Waals surface area contributed by atoms with Crippen molar-refractivity contribution in [3.63, 3.8) is 0 Å². The molecule has 2 N–H and O–H groups in total. The highest BCUT2D eigenvalue weighted by atomic mass is 19.4. The Hall–Kier alpha value is -4.13. The standard InChI is InChI=1S/C36H46F3N5O5/c1-23-17-27(11-14-31(23)48-4)25-7-5-24(6-8-25)20-43(32-18-28(15-16-40-32)29-19-42-44(21-29)36(37,38)39)33(45)26-9-12-30(13-10-26)49-34(46)41-22-35(2,3)47/h11,14-19,21,24-26,30,47H,5-10,12-13,20,22H2,1-4H3,(H,41,46)/t24-,25-,26-,30-. The first-order valence-corrected chi connectivity index (χ1v) is 16.9. The van der Waals surface area contributed by atoms with Gasteiger partial charge < -0.3 is 19.9 Å². The summed E-state index contributed by atoms with van der Waals surface area (Å²) in [6.45, 7) is 5.71. The van der Waals surface area contributed by atoms with E-state index < -0.39 is 18.0 Å². The van der Waals surface area contributed by atoms with E-state index in [2.05, 4.69) is 27.5 Å². The van der Waals surface area contributed by atoms with E-state index >= 15 is 0 Å². The number of hydrogen-bond acceptors (Lipinski definition) is 7. The minimum absolute atomic E-state index is 0.0421. The van der Waals surface area contributed by atoms with E-state index in [1.165, 1.54) is 11.8 Å². The molecule has 2 fully saturated rings. The maximum Gasteiger partial charge on any atom is 0.504 e. The predicted octanol–water partition coefficient (Wildman–Crippen LogP) is 7.10. The van der Waals surface area contributed by atoms with Crippen LogP contribution in [-0.2, 0) is 15.8 Å². The lowest BCUT2D eigenvalue weighted by Gasteiger charge is -2.35. The number of nitrogens with zero attached hydrogens (tertiary/aromatic N) is 4. The van der Waals surface area contributed by atoms with Crippen molar-refractivity contribution in [2.45, 2.75) is 96.1 Å². The van der Waals surface area contributed by atoms with Gasteiger partial charge in [0.05, 0.1) is 18.9 Å². The van der Waals surface area contributed by atoms with E-state index in [-0.39, 0.29) is 40.6 Å². The van der Waals surface area contributed by atoms with Crippen molar-refractivity contribution in [1.82, 2.24) is 20.1 Å². The Balaban J connectivity index is 1.29. The molecule has 2 aromatic heterocycles. The van der Waals surface area contributed by atoms with Crippen LogP contribution in [0.5, 0.6) is 5.75 Å². The highest BCUT2D eigenvalue weighted by Crippen LogP contribution is 2.39. The highest BCUT2D eigenvalue weighted by Gasteiger charge is 2.35. The molecule has 2 heterocycles. The molecule has 0 radical (unpaired) electrons. The smallest absolute Gasteiger partial charge is 0.496 e. The second kappa shape index (κ2) is 15.2. The number of carbonyl (C=O) groups is 2. The number of halogens is 3. The minimum Gasteiger partial charge on any atom is -0.496 e. The van der Waals surface area contributed by atoms with Gasteiger partial charge in [-0.2, -0.15) is 9.78 Å². The number of alkyl carbamates (subject to hydrolysis) is 1. The Morgan fingerprint density at radius 1 is 1.02 bits per heavy atom. The zero-order valence-corrected chi connectivity index (χ0v) is 28.5. The number of carbonyl (C=O) groups excluding carboxylic acids is 2. The van der Waals surface area contributed by atoms with Crippen LogP contribution in [0.1, 0.15) is 82.3 Å². The summed E-state index contributed by atoms with van der Waals surface area (Å²) < 4.78 is 50.7. The number of benzene rings is 1. The summed E-state index contributed by atoms with van der Waals surface area (Å²) in [4.78, 5) is 32.7. The van der Waals surface area contributed by atoms with Crippen molar-refractivity contribution < 1.29 is 37.3 Å². The molecule has 266 valence electrons. The van der Waals surface area contributed by atoms with Crippen LogP contribution in [0.25, 0.3) is 11.1 Å². The molecule has 0 saturated heterocycles. The van der Waals surface area contributed by atoms with E-state index in [0.717, 1.165) is 49.4 Å². The number of hydrogen-bond donors (Lipinski definition) is 2. The zero-order chi connectivity index (χ0) is 35.3. The number of aliphatic hydroxyl groups is 1. The van der Waals surface area contributed by atoms with Crippen LogP contribution in [0.4, 0.5) is 23.8 Å². The maximum absolute atomic E-state index is 14.2. The third-order valence-corrected chi connectivity index (χ3v) is 9.60. The summed E-state index contributed by atoms with van der Waals surface area (Å²) in [6.07, 6.45) is 3.82. The van der Waals surface area contributed by atoms with Crippen molar-refractivity contribution in [3.8, 4) is 16.9 Å². The van der Waals surface area contributed by atoms with Gasteiger partial charge in [-0.3, -0.25) is 9.69 Å². The van der Waals surface area contributed by atoms with Gasteiger partial charge in [-0.05, 0) is 119 Å². The van der Waals surface area contributed by atoms with Crippen molar-refractivity contribution in [3.05, 3.63) is 60.0 Å². The van der Waals surface area contributed by atoms with Gasteiger partial charge in [0, 0.05) is 37.0 Å². The van der Waals surface area contributed by atoms with Crippen LogP contribution in [0.15, 0.2) is 48.9 Å². The molecule has 0 bridgehead atoms. The van der Waals surface area contributed by atoms with E-state index in [9.17, 15) is 27.9 Å². The van der Waals surface area contributed by atoms with Crippen LogP contribution < -0.4 is 15.0 Å². The lowest BCUT2D eigenvalue weighted by atomic mass is 9.78. The fourth-order valence-electron chi connectivity index (χ4n) is 6.87. The van der Waals surface area contributed by atoms with E-state index in [4.69, 9.17) is 9.47 Å². The number of methoxy groups -OCH3 is 1. The van der Waals surface area contributed by atoms with Crippen molar-refractivity contribution in [2.24, 2.45) is 11.8 Å².